The highest BCUT2D eigenvalue weighted by atomic mass is 16.5. The molecule has 0 amide bonds. The fourth-order valence-electron chi connectivity index (χ4n) is 1.74. The van der Waals surface area contributed by atoms with E-state index in [1.54, 1.807) is 7.11 Å². The minimum absolute atomic E-state index is 0.0618. The summed E-state index contributed by atoms with van der Waals surface area (Å²) >= 11 is 0. The van der Waals surface area contributed by atoms with Crippen molar-refractivity contribution in [2.75, 3.05) is 14.2 Å². The molecule has 1 atom stereocenters. The van der Waals surface area contributed by atoms with Crippen molar-refractivity contribution in [1.29, 1.82) is 0 Å². The summed E-state index contributed by atoms with van der Waals surface area (Å²) in [7, 11) is 5.77. The van der Waals surface area contributed by atoms with E-state index in [1.807, 2.05) is 26.6 Å². The molecule has 1 aromatic heterocycles. The van der Waals surface area contributed by atoms with Crippen LogP contribution in [0.2, 0.25) is 0 Å². The number of hydrogen-bond acceptors (Lipinski definition) is 3. The molecule has 92 valence electrons. The van der Waals surface area contributed by atoms with E-state index in [4.69, 9.17) is 4.74 Å². The Bertz CT molecular complexity index is 320. The number of methoxy groups -OCH3 is 1. The lowest BCUT2D eigenvalue weighted by Gasteiger charge is -2.25. The average Bonchev–Trinajstić information content (AvgIpc) is 2.66. The second-order valence-electron chi connectivity index (χ2n) is 4.77. The van der Waals surface area contributed by atoms with Gasteiger partial charge < -0.3 is 14.6 Å². The van der Waals surface area contributed by atoms with Crippen molar-refractivity contribution in [3.8, 4) is 0 Å². The number of nitrogens with one attached hydrogen (secondary N) is 1. The first-order valence-corrected chi connectivity index (χ1v) is 5.69. The van der Waals surface area contributed by atoms with E-state index >= 15 is 0 Å². The van der Waals surface area contributed by atoms with E-state index in [1.165, 1.54) is 5.69 Å². The number of imidazole rings is 1. The van der Waals surface area contributed by atoms with Gasteiger partial charge in [-0.05, 0) is 33.7 Å². The molecular weight excluding hydrogens is 202 g/mol. The van der Waals surface area contributed by atoms with Gasteiger partial charge in [0.05, 0.1) is 17.6 Å². The highest BCUT2D eigenvalue weighted by Crippen LogP contribution is 2.23. The molecule has 4 nitrogen and oxygen atoms in total. The molecule has 0 fully saturated rings. The molecular formula is C12H23N3O. The smallest absolute Gasteiger partial charge is 0.0946 e. The summed E-state index contributed by atoms with van der Waals surface area (Å²) in [5, 5.41) is 3.33. The van der Waals surface area contributed by atoms with Gasteiger partial charge in [-0.15, -0.1) is 0 Å². The molecule has 0 aliphatic heterocycles. The standard InChI is InChI=1S/C12H23N3O/c1-12(2,16-5)7-6-10(13-3)11-8-14-9-15(11)4/h8-10,13H,6-7H2,1-5H3. The van der Waals surface area contributed by atoms with Crippen LogP contribution in [-0.2, 0) is 11.8 Å². The van der Waals surface area contributed by atoms with Crippen LogP contribution in [-0.4, -0.2) is 29.3 Å². The Balaban J connectivity index is 2.60. The summed E-state index contributed by atoms with van der Waals surface area (Å²) in [5.41, 5.74) is 1.16. The monoisotopic (exact) mass is 225 g/mol. The van der Waals surface area contributed by atoms with E-state index in [2.05, 4.69) is 28.7 Å². The molecule has 0 spiro atoms. The first kappa shape index (κ1) is 13.2. The van der Waals surface area contributed by atoms with Gasteiger partial charge in [-0.2, -0.15) is 0 Å². The predicted molar refractivity (Wildman–Crippen MR) is 65.3 cm³/mol. The molecule has 0 radical (unpaired) electrons. The maximum atomic E-state index is 5.43. The van der Waals surface area contributed by atoms with Crippen LogP contribution in [0.3, 0.4) is 0 Å². The summed E-state index contributed by atoms with van der Waals surface area (Å²) < 4.78 is 7.49. The number of aryl methyl sites for hydroxylation is 1. The molecule has 0 bridgehead atoms. The number of hydrogen-bond donors (Lipinski definition) is 1. The SMILES string of the molecule is CNC(CCC(C)(C)OC)c1cncn1C. The molecule has 0 aromatic carbocycles. The Kier molecular flexibility index (Phi) is 4.50. The van der Waals surface area contributed by atoms with Gasteiger partial charge in [-0.3, -0.25) is 0 Å². The molecule has 0 saturated heterocycles. The summed E-state index contributed by atoms with van der Waals surface area (Å²) in [6.45, 7) is 4.23. The Labute approximate surface area is 98.0 Å². The molecule has 1 aromatic rings. The Morgan fingerprint density at radius 3 is 2.69 bits per heavy atom. The third kappa shape index (κ3) is 3.32. The van der Waals surface area contributed by atoms with Crippen LogP contribution >= 0.6 is 0 Å². The molecule has 0 aliphatic carbocycles. The fourth-order valence-corrected chi connectivity index (χ4v) is 1.74. The molecule has 1 rings (SSSR count). The molecule has 4 heteroatoms. The van der Waals surface area contributed by atoms with Crippen molar-refractivity contribution in [3.63, 3.8) is 0 Å². The zero-order chi connectivity index (χ0) is 12.2. The van der Waals surface area contributed by atoms with E-state index in [0.717, 1.165) is 12.8 Å². The van der Waals surface area contributed by atoms with Gasteiger partial charge in [-0.25, -0.2) is 4.98 Å². The van der Waals surface area contributed by atoms with Crippen LogP contribution in [0.5, 0.6) is 0 Å². The third-order valence-corrected chi connectivity index (χ3v) is 3.15. The van der Waals surface area contributed by atoms with Crippen molar-refractivity contribution in [3.05, 3.63) is 18.2 Å². The highest BCUT2D eigenvalue weighted by molar-refractivity contribution is 5.04. The first-order chi connectivity index (χ1) is 7.50. The maximum absolute atomic E-state index is 5.43. The lowest BCUT2D eigenvalue weighted by Crippen LogP contribution is -2.26. The number of aromatic nitrogens is 2. The van der Waals surface area contributed by atoms with Gasteiger partial charge in [0.1, 0.15) is 0 Å². The van der Waals surface area contributed by atoms with Gasteiger partial charge in [-0.1, -0.05) is 0 Å². The van der Waals surface area contributed by atoms with E-state index in [0.29, 0.717) is 6.04 Å². The van der Waals surface area contributed by atoms with E-state index in [9.17, 15) is 0 Å². The molecule has 1 N–H and O–H groups in total. The Hall–Kier alpha value is -0.870. The van der Waals surface area contributed by atoms with Crippen molar-refractivity contribution in [2.45, 2.75) is 38.3 Å². The lowest BCUT2D eigenvalue weighted by atomic mass is 9.97. The van der Waals surface area contributed by atoms with Gasteiger partial charge >= 0.3 is 0 Å². The van der Waals surface area contributed by atoms with Crippen molar-refractivity contribution in [2.24, 2.45) is 7.05 Å². The van der Waals surface area contributed by atoms with Crippen LogP contribution in [0.4, 0.5) is 0 Å². The van der Waals surface area contributed by atoms with E-state index < -0.39 is 0 Å². The fraction of sp³-hybridized carbons (Fsp3) is 0.750. The van der Waals surface area contributed by atoms with Crippen LogP contribution in [0.25, 0.3) is 0 Å². The van der Waals surface area contributed by atoms with Crippen LogP contribution in [0.1, 0.15) is 38.4 Å². The van der Waals surface area contributed by atoms with Gasteiger partial charge in [0.2, 0.25) is 0 Å². The van der Waals surface area contributed by atoms with E-state index in [-0.39, 0.29) is 5.60 Å². The number of ether oxygens (including phenoxy) is 1. The van der Waals surface area contributed by atoms with Crippen LogP contribution < -0.4 is 5.32 Å². The van der Waals surface area contributed by atoms with Gasteiger partial charge in [0, 0.05) is 26.4 Å². The lowest BCUT2D eigenvalue weighted by molar-refractivity contribution is 0.0117. The largest absolute Gasteiger partial charge is 0.379 e. The second kappa shape index (κ2) is 5.46. The Morgan fingerprint density at radius 2 is 2.25 bits per heavy atom. The van der Waals surface area contributed by atoms with Gasteiger partial charge in [0.25, 0.3) is 0 Å². The first-order valence-electron chi connectivity index (χ1n) is 5.69. The summed E-state index contributed by atoms with van der Waals surface area (Å²) in [4.78, 5) is 4.15. The van der Waals surface area contributed by atoms with Crippen molar-refractivity contribution < 1.29 is 4.74 Å². The molecule has 0 saturated carbocycles. The van der Waals surface area contributed by atoms with Crippen molar-refractivity contribution >= 4 is 0 Å². The molecule has 1 heterocycles. The topological polar surface area (TPSA) is 39.1 Å². The average molecular weight is 225 g/mol. The van der Waals surface area contributed by atoms with Gasteiger partial charge in [0.15, 0.2) is 0 Å². The van der Waals surface area contributed by atoms with Crippen molar-refractivity contribution in [1.82, 2.24) is 14.9 Å². The summed E-state index contributed by atoms with van der Waals surface area (Å²) in [5.74, 6) is 0. The quantitative estimate of drug-likeness (QED) is 0.803. The van der Waals surface area contributed by atoms with Crippen LogP contribution in [0.15, 0.2) is 12.5 Å². The predicted octanol–water partition coefficient (Wildman–Crippen LogP) is 1.89. The Morgan fingerprint density at radius 1 is 1.56 bits per heavy atom. The normalized spacial score (nSPS) is 14.1. The molecule has 16 heavy (non-hydrogen) atoms. The summed E-state index contributed by atoms with van der Waals surface area (Å²) in [6.07, 6.45) is 5.80. The minimum atomic E-state index is -0.0618. The zero-order valence-corrected chi connectivity index (χ0v) is 10.9. The third-order valence-electron chi connectivity index (χ3n) is 3.15. The second-order valence-corrected chi connectivity index (χ2v) is 4.77. The minimum Gasteiger partial charge on any atom is -0.379 e. The zero-order valence-electron chi connectivity index (χ0n) is 10.9. The number of rotatable bonds is 6. The van der Waals surface area contributed by atoms with Crippen LogP contribution in [0, 0.1) is 0 Å². The molecule has 0 aliphatic rings. The molecule has 1 unspecified atom stereocenters. The maximum Gasteiger partial charge on any atom is 0.0946 e. The highest BCUT2D eigenvalue weighted by Gasteiger charge is 2.20. The number of nitrogens with zero attached hydrogens (tertiary/aromatic N) is 2. The summed E-state index contributed by atoms with van der Waals surface area (Å²) in [6, 6.07) is 0.335.